The molecule has 28 heavy (non-hydrogen) atoms. The number of fused-ring (bicyclic) bond motifs is 1. The van der Waals surface area contributed by atoms with Crippen LogP contribution in [0.25, 0.3) is 0 Å². The van der Waals surface area contributed by atoms with Gasteiger partial charge in [-0.2, -0.15) is 9.40 Å². The van der Waals surface area contributed by atoms with E-state index < -0.39 is 32.6 Å². The van der Waals surface area contributed by atoms with Crippen molar-refractivity contribution < 1.29 is 17.2 Å². The maximum absolute atomic E-state index is 13.5. The highest BCUT2D eigenvalue weighted by molar-refractivity contribution is 7.89. The van der Waals surface area contributed by atoms with Gasteiger partial charge in [-0.05, 0) is 43.7 Å². The van der Waals surface area contributed by atoms with Crippen LogP contribution in [0.4, 0.5) is 8.78 Å². The number of hydrogen-bond acceptors (Lipinski definition) is 4. The van der Waals surface area contributed by atoms with Crippen LogP contribution in [-0.4, -0.2) is 40.2 Å². The second kappa shape index (κ2) is 7.07. The van der Waals surface area contributed by atoms with Crippen LogP contribution in [0.2, 0.25) is 0 Å². The largest absolute Gasteiger partial charge is 0.345 e. The van der Waals surface area contributed by atoms with Crippen LogP contribution in [0.15, 0.2) is 27.9 Å². The Hall–Kier alpha value is -2.07. The number of benzene rings is 1. The average molecular weight is 412 g/mol. The van der Waals surface area contributed by atoms with Gasteiger partial charge in [0.1, 0.15) is 17.5 Å². The standard InChI is InChI=1S/C18H22F2N4O3S/c1-22(28(26,27)16-9-13(19)8-14(20)10-16)15-4-5-17-21-24(11-12-2-3-12)18(25)23(17)7-6-15/h8-10,12,15H,2-7,11H2,1H3. The third kappa shape index (κ3) is 3.62. The maximum atomic E-state index is 13.5. The lowest BCUT2D eigenvalue weighted by Crippen LogP contribution is -2.38. The Morgan fingerprint density at radius 3 is 2.46 bits per heavy atom. The summed E-state index contributed by atoms with van der Waals surface area (Å²) in [6.07, 6.45) is 3.62. The highest BCUT2D eigenvalue weighted by Crippen LogP contribution is 2.30. The molecule has 1 aliphatic carbocycles. The second-order valence-corrected chi connectivity index (χ2v) is 9.58. The van der Waals surface area contributed by atoms with Crippen molar-refractivity contribution in [2.24, 2.45) is 5.92 Å². The molecule has 0 amide bonds. The first-order valence-corrected chi connectivity index (χ1v) is 10.8. The number of sulfonamides is 1. The van der Waals surface area contributed by atoms with Gasteiger partial charge in [0.25, 0.3) is 0 Å². The summed E-state index contributed by atoms with van der Waals surface area (Å²) in [5, 5.41) is 4.43. The van der Waals surface area contributed by atoms with Gasteiger partial charge in [-0.3, -0.25) is 4.57 Å². The molecule has 0 saturated heterocycles. The first kappa shape index (κ1) is 19.3. The van der Waals surface area contributed by atoms with E-state index in [0.717, 1.165) is 29.3 Å². The fraction of sp³-hybridized carbons (Fsp3) is 0.556. The molecule has 1 atom stereocenters. The van der Waals surface area contributed by atoms with Crippen molar-refractivity contribution in [2.75, 3.05) is 7.05 Å². The molecule has 0 spiro atoms. The van der Waals surface area contributed by atoms with E-state index in [0.29, 0.717) is 50.2 Å². The van der Waals surface area contributed by atoms with Gasteiger partial charge in [0.2, 0.25) is 10.0 Å². The topological polar surface area (TPSA) is 77.2 Å². The molecule has 0 bridgehead atoms. The van der Waals surface area contributed by atoms with Gasteiger partial charge >= 0.3 is 5.69 Å². The molecule has 1 aromatic heterocycles. The fourth-order valence-corrected chi connectivity index (χ4v) is 5.14. The summed E-state index contributed by atoms with van der Waals surface area (Å²) in [4.78, 5) is 12.1. The lowest BCUT2D eigenvalue weighted by Gasteiger charge is -2.26. The van der Waals surface area contributed by atoms with Crippen LogP contribution in [0.3, 0.4) is 0 Å². The van der Waals surface area contributed by atoms with Crippen molar-refractivity contribution in [2.45, 2.75) is 56.1 Å². The summed E-state index contributed by atoms with van der Waals surface area (Å²) in [5.41, 5.74) is -0.153. The van der Waals surface area contributed by atoms with Crippen LogP contribution in [0.1, 0.15) is 31.5 Å². The average Bonchev–Trinajstić information content (AvgIpc) is 3.42. The van der Waals surface area contributed by atoms with Gasteiger partial charge in [-0.15, -0.1) is 0 Å². The predicted octanol–water partition coefficient (Wildman–Crippen LogP) is 1.76. The first-order chi connectivity index (χ1) is 13.3. The first-order valence-electron chi connectivity index (χ1n) is 9.36. The Bertz CT molecular complexity index is 1040. The zero-order valence-corrected chi connectivity index (χ0v) is 16.3. The quantitative estimate of drug-likeness (QED) is 0.750. The predicted molar refractivity (Wildman–Crippen MR) is 97.2 cm³/mol. The molecule has 1 unspecified atom stereocenters. The normalized spacial score (nSPS) is 20.2. The molecule has 1 saturated carbocycles. The van der Waals surface area contributed by atoms with Crippen molar-refractivity contribution >= 4 is 10.0 Å². The van der Waals surface area contributed by atoms with Crippen molar-refractivity contribution in [1.82, 2.24) is 18.7 Å². The molecular formula is C18H22F2N4O3S. The summed E-state index contributed by atoms with van der Waals surface area (Å²) < 4.78 is 56.9. The molecule has 0 N–H and O–H groups in total. The smallest absolute Gasteiger partial charge is 0.279 e. The second-order valence-electron chi connectivity index (χ2n) is 7.58. The van der Waals surface area contributed by atoms with E-state index >= 15 is 0 Å². The summed E-state index contributed by atoms with van der Waals surface area (Å²) in [5.74, 6) is -0.684. The third-order valence-electron chi connectivity index (χ3n) is 5.54. The van der Waals surface area contributed by atoms with Gasteiger partial charge in [-0.25, -0.2) is 26.7 Å². The summed E-state index contributed by atoms with van der Waals surface area (Å²) >= 11 is 0. The monoisotopic (exact) mass is 412 g/mol. The van der Waals surface area contributed by atoms with Gasteiger partial charge in [0.15, 0.2) is 0 Å². The molecule has 4 rings (SSSR count). The highest BCUT2D eigenvalue weighted by atomic mass is 32.2. The molecule has 10 heteroatoms. The molecular weight excluding hydrogens is 390 g/mol. The number of nitrogens with zero attached hydrogens (tertiary/aromatic N) is 4. The molecule has 152 valence electrons. The van der Waals surface area contributed by atoms with E-state index in [9.17, 15) is 22.0 Å². The summed E-state index contributed by atoms with van der Waals surface area (Å²) in [6, 6.07) is 1.87. The molecule has 1 aliphatic heterocycles. The van der Waals surface area contributed by atoms with Crippen molar-refractivity contribution in [3.63, 3.8) is 0 Å². The molecule has 2 aliphatic rings. The van der Waals surface area contributed by atoms with E-state index in [-0.39, 0.29) is 5.69 Å². The number of aryl methyl sites for hydroxylation is 1. The van der Waals surface area contributed by atoms with Crippen LogP contribution < -0.4 is 5.69 Å². The Kier molecular flexibility index (Phi) is 4.86. The van der Waals surface area contributed by atoms with Crippen molar-refractivity contribution in [3.05, 3.63) is 46.1 Å². The SMILES string of the molecule is CN(C1CCc2nn(CC3CC3)c(=O)n2CC1)S(=O)(=O)c1cc(F)cc(F)c1. The molecule has 2 aromatic rings. The van der Waals surface area contributed by atoms with Crippen LogP contribution in [0.5, 0.6) is 0 Å². The summed E-state index contributed by atoms with van der Waals surface area (Å²) in [7, 11) is -2.65. The van der Waals surface area contributed by atoms with Gasteiger partial charge in [0, 0.05) is 38.7 Å². The van der Waals surface area contributed by atoms with E-state index in [1.54, 1.807) is 4.57 Å². The third-order valence-corrected chi connectivity index (χ3v) is 7.43. The van der Waals surface area contributed by atoms with Gasteiger partial charge in [0.05, 0.1) is 4.90 Å². The highest BCUT2D eigenvalue weighted by Gasteiger charge is 2.32. The Balaban J connectivity index is 1.53. The zero-order chi connectivity index (χ0) is 20.1. The molecule has 7 nitrogen and oxygen atoms in total. The van der Waals surface area contributed by atoms with Crippen molar-refractivity contribution in [1.29, 1.82) is 0 Å². The van der Waals surface area contributed by atoms with Gasteiger partial charge < -0.3 is 0 Å². The minimum Gasteiger partial charge on any atom is -0.279 e. The Morgan fingerprint density at radius 1 is 1.14 bits per heavy atom. The van der Waals surface area contributed by atoms with E-state index in [1.807, 2.05) is 0 Å². The van der Waals surface area contributed by atoms with E-state index in [1.165, 1.54) is 11.7 Å². The number of aromatic nitrogens is 3. The number of halogens is 2. The number of hydrogen-bond donors (Lipinski definition) is 0. The molecule has 1 aromatic carbocycles. The van der Waals surface area contributed by atoms with Crippen LogP contribution in [-0.2, 0) is 29.5 Å². The fourth-order valence-electron chi connectivity index (χ4n) is 3.68. The minimum atomic E-state index is -4.06. The Labute approximate surface area is 161 Å². The lowest BCUT2D eigenvalue weighted by atomic mass is 10.1. The van der Waals surface area contributed by atoms with E-state index in [2.05, 4.69) is 5.10 Å². The zero-order valence-electron chi connectivity index (χ0n) is 15.5. The minimum absolute atomic E-state index is 0.153. The lowest BCUT2D eigenvalue weighted by molar-refractivity contribution is 0.328. The number of rotatable bonds is 5. The van der Waals surface area contributed by atoms with Crippen LogP contribution in [0, 0.1) is 17.6 Å². The van der Waals surface area contributed by atoms with Gasteiger partial charge in [-0.1, -0.05) is 0 Å². The maximum Gasteiger partial charge on any atom is 0.345 e. The Morgan fingerprint density at radius 2 is 1.82 bits per heavy atom. The van der Waals surface area contributed by atoms with E-state index in [4.69, 9.17) is 0 Å². The van der Waals surface area contributed by atoms with Crippen molar-refractivity contribution in [3.8, 4) is 0 Å². The molecule has 2 heterocycles. The van der Waals surface area contributed by atoms with Crippen LogP contribution >= 0.6 is 0 Å². The molecule has 1 fully saturated rings. The summed E-state index contributed by atoms with van der Waals surface area (Å²) in [6.45, 7) is 1.00. The molecule has 0 radical (unpaired) electrons.